The maximum absolute atomic E-state index is 10.5. The second-order valence-corrected chi connectivity index (χ2v) is 3.86. The van der Waals surface area contributed by atoms with Gasteiger partial charge in [-0.2, -0.15) is 0 Å². The molecule has 0 saturated heterocycles. The Hall–Kier alpha value is -0.610. The van der Waals surface area contributed by atoms with Crippen LogP contribution in [0, 0.1) is 5.92 Å². The Morgan fingerprint density at radius 1 is 1.46 bits per heavy atom. The van der Waals surface area contributed by atoms with Gasteiger partial charge in [-0.3, -0.25) is 4.79 Å². The van der Waals surface area contributed by atoms with E-state index in [-0.39, 0.29) is 18.9 Å². The van der Waals surface area contributed by atoms with Gasteiger partial charge in [-0.1, -0.05) is 12.8 Å². The van der Waals surface area contributed by atoms with Gasteiger partial charge in [0.05, 0.1) is 12.0 Å². The highest BCUT2D eigenvalue weighted by Gasteiger charge is 2.38. The molecule has 0 heterocycles. The fraction of sp³-hybridized carbons (Fsp3) is 0.889. The number of carboxylic acids is 1. The molecule has 0 bridgehead atoms. The van der Waals surface area contributed by atoms with Gasteiger partial charge < -0.3 is 15.9 Å². The minimum atomic E-state index is -1.18. The summed E-state index contributed by atoms with van der Waals surface area (Å²) in [4.78, 5) is 10.5. The topological polar surface area (TPSA) is 83.5 Å². The summed E-state index contributed by atoms with van der Waals surface area (Å²) in [5, 5.41) is 18.6. The lowest BCUT2D eigenvalue weighted by Crippen LogP contribution is -2.45. The third-order valence-electron chi connectivity index (χ3n) is 2.93. The van der Waals surface area contributed by atoms with Gasteiger partial charge in [0.1, 0.15) is 0 Å². The second-order valence-electron chi connectivity index (χ2n) is 3.86. The highest BCUT2D eigenvalue weighted by molar-refractivity contribution is 5.68. The third kappa shape index (κ3) is 2.42. The zero-order valence-electron chi connectivity index (χ0n) is 7.70. The predicted molar refractivity (Wildman–Crippen MR) is 48.2 cm³/mol. The van der Waals surface area contributed by atoms with E-state index in [1.807, 2.05) is 0 Å². The molecular formula is C9H17NO3. The number of hydrogen-bond donors (Lipinski definition) is 3. The Labute approximate surface area is 77.7 Å². The van der Waals surface area contributed by atoms with Gasteiger partial charge in [-0.25, -0.2) is 0 Å². The van der Waals surface area contributed by atoms with Gasteiger partial charge in [0.25, 0.3) is 0 Å². The molecule has 0 amide bonds. The predicted octanol–water partition coefficient (Wildman–Crippen LogP) is 0.341. The maximum Gasteiger partial charge on any atom is 0.306 e. The summed E-state index contributed by atoms with van der Waals surface area (Å²) in [6.45, 7) is 0.0456. The summed E-state index contributed by atoms with van der Waals surface area (Å²) in [5.74, 6) is -0.895. The molecule has 1 aliphatic rings. The van der Waals surface area contributed by atoms with Crippen molar-refractivity contribution in [3.05, 3.63) is 0 Å². The van der Waals surface area contributed by atoms with E-state index in [2.05, 4.69) is 0 Å². The van der Waals surface area contributed by atoms with Crippen LogP contribution >= 0.6 is 0 Å². The Kier molecular flexibility index (Phi) is 3.27. The van der Waals surface area contributed by atoms with Crippen LogP contribution in [0.3, 0.4) is 0 Å². The number of carbonyl (C=O) groups is 1. The van der Waals surface area contributed by atoms with Crippen LogP contribution in [-0.2, 0) is 4.79 Å². The van der Waals surface area contributed by atoms with Gasteiger partial charge in [-0.05, 0) is 18.8 Å². The molecule has 4 nitrogen and oxygen atoms in total. The van der Waals surface area contributed by atoms with Crippen LogP contribution in [-0.4, -0.2) is 28.3 Å². The van der Waals surface area contributed by atoms with Gasteiger partial charge in [0.2, 0.25) is 0 Å². The van der Waals surface area contributed by atoms with E-state index < -0.39 is 11.6 Å². The Balaban J connectivity index is 2.61. The second kappa shape index (κ2) is 4.07. The largest absolute Gasteiger partial charge is 0.481 e. The summed E-state index contributed by atoms with van der Waals surface area (Å²) in [6, 6.07) is 0. The molecule has 13 heavy (non-hydrogen) atoms. The first kappa shape index (κ1) is 10.5. The highest BCUT2D eigenvalue weighted by atomic mass is 16.4. The van der Waals surface area contributed by atoms with E-state index in [0.717, 1.165) is 25.7 Å². The molecule has 76 valence electrons. The molecule has 1 saturated carbocycles. The standard InChI is InChI=1S/C9H17NO3/c10-6-9(13,5-8(11)12)7-3-1-2-4-7/h7,13H,1-6,10H2,(H,11,12). The van der Waals surface area contributed by atoms with Crippen molar-refractivity contribution in [2.75, 3.05) is 6.54 Å². The molecule has 0 spiro atoms. The van der Waals surface area contributed by atoms with Crippen LogP contribution in [0.25, 0.3) is 0 Å². The fourth-order valence-corrected chi connectivity index (χ4v) is 2.11. The molecule has 4 heteroatoms. The Bertz CT molecular complexity index is 189. The van der Waals surface area contributed by atoms with Crippen molar-refractivity contribution in [2.45, 2.75) is 37.7 Å². The van der Waals surface area contributed by atoms with Crippen molar-refractivity contribution < 1.29 is 15.0 Å². The third-order valence-corrected chi connectivity index (χ3v) is 2.93. The average Bonchev–Trinajstić information content (AvgIpc) is 2.55. The van der Waals surface area contributed by atoms with Crippen molar-refractivity contribution in [3.8, 4) is 0 Å². The van der Waals surface area contributed by atoms with Crippen LogP contribution in [0.15, 0.2) is 0 Å². The summed E-state index contributed by atoms with van der Waals surface area (Å²) < 4.78 is 0. The molecule has 0 radical (unpaired) electrons. The molecule has 4 N–H and O–H groups in total. The SMILES string of the molecule is NCC(O)(CC(=O)O)C1CCCC1. The fourth-order valence-electron chi connectivity index (χ4n) is 2.11. The summed E-state index contributed by atoms with van der Waals surface area (Å²) >= 11 is 0. The molecule has 1 rings (SSSR count). The first-order valence-electron chi connectivity index (χ1n) is 4.73. The van der Waals surface area contributed by atoms with Crippen molar-refractivity contribution in [1.29, 1.82) is 0 Å². The van der Waals surface area contributed by atoms with Gasteiger partial charge >= 0.3 is 5.97 Å². The van der Waals surface area contributed by atoms with E-state index >= 15 is 0 Å². The van der Waals surface area contributed by atoms with E-state index in [9.17, 15) is 9.90 Å². The lowest BCUT2D eigenvalue weighted by molar-refractivity contribution is -0.144. The number of rotatable bonds is 4. The van der Waals surface area contributed by atoms with E-state index in [0.29, 0.717) is 0 Å². The summed E-state index contributed by atoms with van der Waals surface area (Å²) in [6.07, 6.45) is 3.73. The normalized spacial score (nSPS) is 22.9. The lowest BCUT2D eigenvalue weighted by atomic mass is 9.83. The number of nitrogens with two attached hydrogens (primary N) is 1. The van der Waals surface area contributed by atoms with Crippen molar-refractivity contribution >= 4 is 5.97 Å². The number of aliphatic hydroxyl groups is 1. The van der Waals surface area contributed by atoms with Crippen LogP contribution < -0.4 is 5.73 Å². The van der Waals surface area contributed by atoms with Gasteiger partial charge in [0.15, 0.2) is 0 Å². The van der Waals surface area contributed by atoms with E-state index in [1.165, 1.54) is 0 Å². The molecule has 1 aliphatic carbocycles. The minimum absolute atomic E-state index is 0.0456. The zero-order chi connectivity index (χ0) is 9.90. The molecule has 1 atom stereocenters. The molecule has 0 aromatic rings. The van der Waals surface area contributed by atoms with Crippen LogP contribution in [0.2, 0.25) is 0 Å². The molecule has 1 fully saturated rings. The van der Waals surface area contributed by atoms with Crippen molar-refractivity contribution in [1.82, 2.24) is 0 Å². The van der Waals surface area contributed by atoms with Crippen LogP contribution in [0.1, 0.15) is 32.1 Å². The molecule has 1 unspecified atom stereocenters. The first-order chi connectivity index (χ1) is 6.08. The van der Waals surface area contributed by atoms with Gasteiger partial charge in [0, 0.05) is 6.54 Å². The molecule has 0 aromatic carbocycles. The quantitative estimate of drug-likeness (QED) is 0.592. The highest BCUT2D eigenvalue weighted by Crippen LogP contribution is 2.35. The number of carboxylic acid groups (broad SMARTS) is 1. The Morgan fingerprint density at radius 3 is 2.38 bits per heavy atom. The minimum Gasteiger partial charge on any atom is -0.481 e. The Morgan fingerprint density at radius 2 is 2.00 bits per heavy atom. The smallest absolute Gasteiger partial charge is 0.306 e. The maximum atomic E-state index is 10.5. The van der Waals surface area contributed by atoms with Crippen LogP contribution in [0.5, 0.6) is 0 Å². The number of hydrogen-bond acceptors (Lipinski definition) is 3. The van der Waals surface area contributed by atoms with E-state index in [4.69, 9.17) is 10.8 Å². The molecule has 0 aliphatic heterocycles. The zero-order valence-corrected chi connectivity index (χ0v) is 7.70. The monoisotopic (exact) mass is 187 g/mol. The first-order valence-corrected chi connectivity index (χ1v) is 4.73. The lowest BCUT2D eigenvalue weighted by Gasteiger charge is -2.31. The number of aliphatic carboxylic acids is 1. The van der Waals surface area contributed by atoms with Crippen LogP contribution in [0.4, 0.5) is 0 Å². The van der Waals surface area contributed by atoms with Gasteiger partial charge in [-0.15, -0.1) is 0 Å². The average molecular weight is 187 g/mol. The summed E-state index contributed by atoms with van der Waals surface area (Å²) in [7, 11) is 0. The van der Waals surface area contributed by atoms with Crippen molar-refractivity contribution in [3.63, 3.8) is 0 Å². The van der Waals surface area contributed by atoms with Crippen molar-refractivity contribution in [2.24, 2.45) is 11.7 Å². The molecule has 0 aromatic heterocycles. The van der Waals surface area contributed by atoms with E-state index in [1.54, 1.807) is 0 Å². The summed E-state index contributed by atoms with van der Waals surface area (Å²) in [5.41, 5.74) is 4.24. The molecular weight excluding hydrogens is 170 g/mol.